The maximum atomic E-state index is 12.9. The van der Waals surface area contributed by atoms with Gasteiger partial charge in [-0.25, -0.2) is 19.6 Å². The Hall–Kier alpha value is -2.77. The lowest BCUT2D eigenvalue weighted by atomic mass is 10.2. The van der Waals surface area contributed by atoms with Crippen LogP contribution in [-0.2, 0) is 9.59 Å². The Morgan fingerprint density at radius 2 is 1.69 bits per heavy atom. The van der Waals surface area contributed by atoms with Gasteiger partial charge in [0.1, 0.15) is 6.42 Å². The van der Waals surface area contributed by atoms with E-state index in [1.165, 1.54) is 11.3 Å². The van der Waals surface area contributed by atoms with Gasteiger partial charge >= 0.3 is 6.03 Å². The molecule has 2 aromatic carbocycles. The number of urea groups is 1. The van der Waals surface area contributed by atoms with Gasteiger partial charge in [0.2, 0.25) is 16.9 Å². The SMILES string of the molecule is Cc1ccc(N2C(=O)CC(=O)N(c3nc4ccc(Cl)cc4s3)C2=O)cc1. The molecular formula is C18H12ClN3O3S. The molecule has 0 unspecified atom stereocenters. The van der Waals surface area contributed by atoms with Gasteiger partial charge in [0.25, 0.3) is 0 Å². The Bertz CT molecular complexity index is 1060. The Balaban J connectivity index is 1.76. The number of fused-ring (bicyclic) bond motifs is 1. The Labute approximate surface area is 157 Å². The molecule has 130 valence electrons. The van der Waals surface area contributed by atoms with Gasteiger partial charge in [0, 0.05) is 5.02 Å². The van der Waals surface area contributed by atoms with Crippen LogP contribution in [0.4, 0.5) is 15.6 Å². The van der Waals surface area contributed by atoms with Gasteiger partial charge in [0.05, 0.1) is 15.9 Å². The van der Waals surface area contributed by atoms with E-state index < -0.39 is 24.3 Å². The number of benzene rings is 2. The van der Waals surface area contributed by atoms with Crippen molar-refractivity contribution in [3.05, 3.63) is 53.1 Å². The minimum Gasteiger partial charge on any atom is -0.273 e. The summed E-state index contributed by atoms with van der Waals surface area (Å²) < 4.78 is 0.756. The standard InChI is InChI=1S/C18H12ClN3O3S/c1-10-2-5-12(6-3-10)21-15(23)9-16(24)22(18(21)25)17-20-13-7-4-11(19)8-14(13)26-17/h2-8H,9H2,1H3. The Morgan fingerprint density at radius 1 is 1.00 bits per heavy atom. The molecule has 2 heterocycles. The normalized spacial score (nSPS) is 15.2. The highest BCUT2D eigenvalue weighted by atomic mass is 35.5. The predicted molar refractivity (Wildman–Crippen MR) is 101 cm³/mol. The van der Waals surface area contributed by atoms with Crippen LogP contribution in [0.1, 0.15) is 12.0 Å². The molecule has 26 heavy (non-hydrogen) atoms. The number of carbonyl (C=O) groups is 3. The van der Waals surface area contributed by atoms with Crippen molar-refractivity contribution < 1.29 is 14.4 Å². The van der Waals surface area contributed by atoms with Crippen molar-refractivity contribution in [1.82, 2.24) is 4.98 Å². The molecular weight excluding hydrogens is 374 g/mol. The second kappa shape index (κ2) is 6.19. The smallest absolute Gasteiger partial charge is 0.273 e. The Kier molecular flexibility index (Phi) is 3.97. The van der Waals surface area contributed by atoms with Crippen LogP contribution in [0.2, 0.25) is 5.02 Å². The number of anilines is 2. The van der Waals surface area contributed by atoms with E-state index in [-0.39, 0.29) is 5.13 Å². The fourth-order valence-corrected chi connectivity index (χ4v) is 3.97. The molecule has 0 bridgehead atoms. The molecule has 1 fully saturated rings. The van der Waals surface area contributed by atoms with Gasteiger partial charge in [-0.1, -0.05) is 40.6 Å². The second-order valence-corrected chi connectivity index (χ2v) is 7.31. The van der Waals surface area contributed by atoms with Crippen molar-refractivity contribution in [2.75, 3.05) is 9.80 Å². The number of rotatable bonds is 2. The van der Waals surface area contributed by atoms with E-state index >= 15 is 0 Å². The van der Waals surface area contributed by atoms with Crippen LogP contribution in [0.25, 0.3) is 10.2 Å². The van der Waals surface area contributed by atoms with E-state index in [1.807, 2.05) is 6.92 Å². The van der Waals surface area contributed by atoms with Gasteiger partial charge < -0.3 is 0 Å². The van der Waals surface area contributed by atoms with Gasteiger partial charge in [-0.2, -0.15) is 0 Å². The summed E-state index contributed by atoms with van der Waals surface area (Å²) >= 11 is 7.16. The van der Waals surface area contributed by atoms with Crippen LogP contribution < -0.4 is 9.80 Å². The average Bonchev–Trinajstić information content (AvgIpc) is 2.98. The van der Waals surface area contributed by atoms with E-state index in [9.17, 15) is 14.4 Å². The number of imide groups is 2. The summed E-state index contributed by atoms with van der Waals surface area (Å²) in [5.74, 6) is -1.14. The molecule has 0 saturated carbocycles. The lowest BCUT2D eigenvalue weighted by Gasteiger charge is -2.31. The lowest BCUT2D eigenvalue weighted by molar-refractivity contribution is -0.126. The molecule has 8 heteroatoms. The van der Waals surface area contributed by atoms with Crippen molar-refractivity contribution in [2.24, 2.45) is 0 Å². The molecule has 6 nitrogen and oxygen atoms in total. The summed E-state index contributed by atoms with van der Waals surface area (Å²) in [6.45, 7) is 1.91. The maximum absolute atomic E-state index is 12.9. The molecule has 0 radical (unpaired) electrons. The first kappa shape index (κ1) is 16.7. The third-order valence-corrected chi connectivity index (χ3v) is 5.24. The zero-order chi connectivity index (χ0) is 18.4. The number of nitrogens with zero attached hydrogens (tertiary/aromatic N) is 3. The topological polar surface area (TPSA) is 70.6 Å². The van der Waals surface area contributed by atoms with Crippen LogP contribution >= 0.6 is 22.9 Å². The third-order valence-electron chi connectivity index (χ3n) is 4.01. The van der Waals surface area contributed by atoms with Gasteiger partial charge in [0.15, 0.2) is 0 Å². The van der Waals surface area contributed by atoms with Crippen molar-refractivity contribution >= 4 is 61.8 Å². The highest BCUT2D eigenvalue weighted by Gasteiger charge is 2.41. The largest absolute Gasteiger partial charge is 0.344 e. The fraction of sp³-hybridized carbons (Fsp3) is 0.111. The molecule has 4 amide bonds. The summed E-state index contributed by atoms with van der Waals surface area (Å²) in [5.41, 5.74) is 2.06. The number of barbiturate groups is 1. The average molecular weight is 386 g/mol. The van der Waals surface area contributed by atoms with Crippen molar-refractivity contribution in [3.63, 3.8) is 0 Å². The fourth-order valence-electron chi connectivity index (χ4n) is 2.72. The monoisotopic (exact) mass is 385 g/mol. The maximum Gasteiger partial charge on any atom is 0.344 e. The first-order valence-corrected chi connectivity index (χ1v) is 8.96. The zero-order valence-corrected chi connectivity index (χ0v) is 15.2. The van der Waals surface area contributed by atoms with E-state index in [0.717, 1.165) is 20.1 Å². The first-order valence-electron chi connectivity index (χ1n) is 7.76. The minimum absolute atomic E-state index is 0.224. The van der Waals surface area contributed by atoms with E-state index in [2.05, 4.69) is 4.98 Å². The molecule has 0 spiro atoms. The minimum atomic E-state index is -0.722. The molecule has 4 rings (SSSR count). The number of hydrogen-bond acceptors (Lipinski definition) is 5. The van der Waals surface area contributed by atoms with Crippen LogP contribution in [0.3, 0.4) is 0 Å². The quantitative estimate of drug-likeness (QED) is 0.621. The first-order chi connectivity index (χ1) is 12.4. The summed E-state index contributed by atoms with van der Waals surface area (Å²) in [6.07, 6.45) is -0.393. The molecule has 1 saturated heterocycles. The van der Waals surface area contributed by atoms with Gasteiger partial charge in [-0.05, 0) is 37.3 Å². The van der Waals surface area contributed by atoms with Crippen molar-refractivity contribution in [1.29, 1.82) is 0 Å². The highest BCUT2D eigenvalue weighted by Crippen LogP contribution is 2.33. The van der Waals surface area contributed by atoms with Crippen LogP contribution in [0.15, 0.2) is 42.5 Å². The number of thiazole rings is 1. The van der Waals surface area contributed by atoms with Crippen LogP contribution in [0.5, 0.6) is 0 Å². The number of carbonyl (C=O) groups excluding carboxylic acids is 3. The van der Waals surface area contributed by atoms with Gasteiger partial charge in [-0.3, -0.25) is 9.59 Å². The predicted octanol–water partition coefficient (Wildman–Crippen LogP) is 4.15. The van der Waals surface area contributed by atoms with E-state index in [1.54, 1.807) is 42.5 Å². The Morgan fingerprint density at radius 3 is 2.42 bits per heavy atom. The van der Waals surface area contributed by atoms with Crippen molar-refractivity contribution in [3.8, 4) is 0 Å². The number of hydrogen-bond donors (Lipinski definition) is 0. The number of aryl methyl sites for hydroxylation is 1. The highest BCUT2D eigenvalue weighted by molar-refractivity contribution is 7.22. The van der Waals surface area contributed by atoms with Crippen LogP contribution in [0, 0.1) is 6.92 Å². The number of aromatic nitrogens is 1. The van der Waals surface area contributed by atoms with Crippen LogP contribution in [-0.4, -0.2) is 22.8 Å². The zero-order valence-electron chi connectivity index (χ0n) is 13.6. The van der Waals surface area contributed by atoms with Gasteiger partial charge in [-0.15, -0.1) is 0 Å². The van der Waals surface area contributed by atoms with E-state index in [0.29, 0.717) is 16.2 Å². The number of amides is 4. The van der Waals surface area contributed by atoms with E-state index in [4.69, 9.17) is 11.6 Å². The molecule has 0 aliphatic carbocycles. The molecule has 1 aliphatic rings. The lowest BCUT2D eigenvalue weighted by Crippen LogP contribution is -2.55. The van der Waals surface area contributed by atoms with Crippen molar-refractivity contribution in [2.45, 2.75) is 13.3 Å². The second-order valence-electron chi connectivity index (χ2n) is 5.86. The summed E-state index contributed by atoms with van der Waals surface area (Å²) in [6, 6.07) is 11.4. The molecule has 1 aromatic heterocycles. The third kappa shape index (κ3) is 2.75. The summed E-state index contributed by atoms with van der Waals surface area (Å²) in [5, 5.41) is 0.766. The summed E-state index contributed by atoms with van der Waals surface area (Å²) in [7, 11) is 0. The molecule has 0 N–H and O–H groups in total. The molecule has 3 aromatic rings. The molecule has 1 aliphatic heterocycles. The molecule has 0 atom stereocenters. The number of halogens is 1. The summed E-state index contributed by atoms with van der Waals surface area (Å²) in [4.78, 5) is 44.0.